The Labute approximate surface area is 97.2 Å². The van der Waals surface area contributed by atoms with E-state index in [9.17, 15) is 9.59 Å². The van der Waals surface area contributed by atoms with Gasteiger partial charge in [-0.05, 0) is 6.92 Å². The first-order valence-corrected chi connectivity index (χ1v) is 4.85. The molecule has 1 unspecified atom stereocenters. The van der Waals surface area contributed by atoms with Crippen LogP contribution in [-0.4, -0.2) is 44.6 Å². The zero-order valence-corrected chi connectivity index (χ0v) is 9.47. The van der Waals surface area contributed by atoms with Crippen LogP contribution < -0.4 is 10.6 Å². The Bertz CT molecular complexity index is 429. The molecule has 0 aliphatic rings. The number of hydrogen-bond donors (Lipinski definition) is 4. The van der Waals surface area contributed by atoms with Gasteiger partial charge in [-0.25, -0.2) is 9.59 Å². The fourth-order valence-electron chi connectivity index (χ4n) is 1.22. The summed E-state index contributed by atoms with van der Waals surface area (Å²) in [6.45, 7) is 1.03. The number of carboxylic acid groups (broad SMARTS) is 1. The van der Waals surface area contributed by atoms with Crippen molar-refractivity contribution in [2.24, 2.45) is 7.05 Å². The molecule has 0 aliphatic carbocycles. The maximum Gasteiger partial charge on any atom is 0.328 e. The van der Waals surface area contributed by atoms with E-state index in [1.54, 1.807) is 20.2 Å². The number of rotatable bonds is 4. The Morgan fingerprint density at radius 3 is 2.65 bits per heavy atom. The summed E-state index contributed by atoms with van der Waals surface area (Å²) in [5.74, 6) is -1.30. The number of amides is 2. The molecule has 1 aromatic heterocycles. The molecule has 2 amide bonds. The topological polar surface area (TPSA) is 116 Å². The summed E-state index contributed by atoms with van der Waals surface area (Å²) in [5, 5.41) is 25.9. The molecule has 94 valence electrons. The van der Waals surface area contributed by atoms with Gasteiger partial charge >= 0.3 is 12.0 Å². The molecule has 1 heterocycles. The highest BCUT2D eigenvalue weighted by Gasteiger charge is 2.19. The van der Waals surface area contributed by atoms with Crippen LogP contribution >= 0.6 is 0 Å². The summed E-state index contributed by atoms with van der Waals surface area (Å²) < 4.78 is 1.52. The second kappa shape index (κ2) is 5.30. The molecule has 8 heteroatoms. The molecule has 0 saturated heterocycles. The van der Waals surface area contributed by atoms with E-state index in [1.807, 2.05) is 0 Å². The molecule has 0 aromatic carbocycles. The average molecular weight is 242 g/mol. The van der Waals surface area contributed by atoms with Gasteiger partial charge in [-0.2, -0.15) is 5.10 Å². The monoisotopic (exact) mass is 242 g/mol. The Morgan fingerprint density at radius 1 is 1.59 bits per heavy atom. The molecule has 0 saturated carbocycles. The molecular weight excluding hydrogens is 228 g/mol. The minimum absolute atomic E-state index is 0.479. The van der Waals surface area contributed by atoms with Gasteiger partial charge < -0.3 is 20.8 Å². The third kappa shape index (κ3) is 3.45. The predicted molar refractivity (Wildman–Crippen MR) is 58.6 cm³/mol. The molecule has 1 rings (SSSR count). The molecule has 17 heavy (non-hydrogen) atoms. The van der Waals surface area contributed by atoms with Crippen molar-refractivity contribution < 1.29 is 19.8 Å². The van der Waals surface area contributed by atoms with E-state index in [-0.39, 0.29) is 0 Å². The second-order valence-corrected chi connectivity index (χ2v) is 3.47. The number of urea groups is 1. The second-order valence-electron chi connectivity index (χ2n) is 3.47. The van der Waals surface area contributed by atoms with Crippen molar-refractivity contribution in [3.05, 3.63) is 11.9 Å². The molecule has 1 aromatic rings. The van der Waals surface area contributed by atoms with E-state index < -0.39 is 24.6 Å². The van der Waals surface area contributed by atoms with Gasteiger partial charge in [0.2, 0.25) is 0 Å². The van der Waals surface area contributed by atoms with Gasteiger partial charge in [-0.1, -0.05) is 0 Å². The van der Waals surface area contributed by atoms with Crippen LogP contribution in [0.2, 0.25) is 0 Å². The first kappa shape index (κ1) is 13.0. The summed E-state index contributed by atoms with van der Waals surface area (Å²) in [7, 11) is 1.70. The molecule has 0 aliphatic heterocycles. The van der Waals surface area contributed by atoms with Gasteiger partial charge in [0, 0.05) is 13.2 Å². The molecule has 4 N–H and O–H groups in total. The van der Waals surface area contributed by atoms with Crippen molar-refractivity contribution in [1.82, 2.24) is 15.1 Å². The SMILES string of the molecule is Cc1nn(C)cc1NC(=O)NC(CO)C(=O)O. The largest absolute Gasteiger partial charge is 0.480 e. The first-order valence-electron chi connectivity index (χ1n) is 4.85. The number of aliphatic hydroxyl groups excluding tert-OH is 1. The van der Waals surface area contributed by atoms with Crippen LogP contribution in [0.1, 0.15) is 5.69 Å². The van der Waals surface area contributed by atoms with Crippen LogP contribution in [-0.2, 0) is 11.8 Å². The lowest BCUT2D eigenvalue weighted by Gasteiger charge is -2.11. The van der Waals surface area contributed by atoms with Crippen LogP contribution in [0.25, 0.3) is 0 Å². The smallest absolute Gasteiger partial charge is 0.328 e. The average Bonchev–Trinajstić information content (AvgIpc) is 2.53. The minimum Gasteiger partial charge on any atom is -0.480 e. The predicted octanol–water partition coefficient (Wildman–Crippen LogP) is -0.704. The number of anilines is 1. The Balaban J connectivity index is 2.61. The highest BCUT2D eigenvalue weighted by molar-refractivity contribution is 5.92. The van der Waals surface area contributed by atoms with Crippen LogP contribution in [0.15, 0.2) is 6.20 Å². The van der Waals surface area contributed by atoms with Crippen molar-refractivity contribution in [2.45, 2.75) is 13.0 Å². The van der Waals surface area contributed by atoms with Gasteiger partial charge in [0.1, 0.15) is 0 Å². The van der Waals surface area contributed by atoms with Crippen molar-refractivity contribution in [3.8, 4) is 0 Å². The summed E-state index contributed by atoms with van der Waals surface area (Å²) in [6, 6.07) is -2.03. The van der Waals surface area contributed by atoms with E-state index >= 15 is 0 Å². The van der Waals surface area contributed by atoms with Gasteiger partial charge in [0.05, 0.1) is 18.0 Å². The highest BCUT2D eigenvalue weighted by Crippen LogP contribution is 2.10. The van der Waals surface area contributed by atoms with E-state index in [2.05, 4.69) is 15.7 Å². The maximum absolute atomic E-state index is 11.4. The number of aryl methyl sites for hydroxylation is 2. The number of carbonyl (C=O) groups excluding carboxylic acids is 1. The number of aliphatic carboxylic acids is 1. The number of hydrogen-bond acceptors (Lipinski definition) is 4. The normalized spacial score (nSPS) is 11.9. The molecule has 0 bridgehead atoms. The third-order valence-electron chi connectivity index (χ3n) is 2.05. The van der Waals surface area contributed by atoms with Gasteiger partial charge in [-0.3, -0.25) is 4.68 Å². The number of nitrogens with zero attached hydrogens (tertiary/aromatic N) is 2. The zero-order chi connectivity index (χ0) is 13.0. The molecule has 8 nitrogen and oxygen atoms in total. The number of carboxylic acids is 1. The van der Waals surface area contributed by atoms with Gasteiger partial charge in [0.15, 0.2) is 6.04 Å². The van der Waals surface area contributed by atoms with Crippen molar-refractivity contribution in [2.75, 3.05) is 11.9 Å². The fraction of sp³-hybridized carbons (Fsp3) is 0.444. The number of aliphatic hydroxyl groups is 1. The summed E-state index contributed by atoms with van der Waals surface area (Å²) in [6.07, 6.45) is 1.59. The molecule has 0 fully saturated rings. The Morgan fingerprint density at radius 2 is 2.24 bits per heavy atom. The van der Waals surface area contributed by atoms with Gasteiger partial charge in [0.25, 0.3) is 0 Å². The van der Waals surface area contributed by atoms with Crippen LogP contribution in [0.3, 0.4) is 0 Å². The lowest BCUT2D eigenvalue weighted by molar-refractivity contribution is -0.140. The zero-order valence-electron chi connectivity index (χ0n) is 9.47. The Hall–Kier alpha value is -2.09. The van der Waals surface area contributed by atoms with E-state index in [4.69, 9.17) is 10.2 Å². The molecule has 1 atom stereocenters. The van der Waals surface area contributed by atoms with Crippen molar-refractivity contribution in [3.63, 3.8) is 0 Å². The lowest BCUT2D eigenvalue weighted by atomic mass is 10.3. The van der Waals surface area contributed by atoms with Crippen molar-refractivity contribution in [1.29, 1.82) is 0 Å². The van der Waals surface area contributed by atoms with Crippen molar-refractivity contribution >= 4 is 17.7 Å². The fourth-order valence-corrected chi connectivity index (χ4v) is 1.22. The summed E-state index contributed by atoms with van der Waals surface area (Å²) in [5.41, 5.74) is 1.09. The van der Waals surface area contributed by atoms with Crippen LogP contribution in [0.5, 0.6) is 0 Å². The van der Waals surface area contributed by atoms with E-state index in [0.717, 1.165) is 0 Å². The molecular formula is C9H14N4O4. The number of carbonyl (C=O) groups is 2. The van der Waals surface area contributed by atoms with E-state index in [1.165, 1.54) is 4.68 Å². The summed E-state index contributed by atoms with van der Waals surface area (Å²) >= 11 is 0. The number of aromatic nitrogens is 2. The highest BCUT2D eigenvalue weighted by atomic mass is 16.4. The van der Waals surface area contributed by atoms with Gasteiger partial charge in [-0.15, -0.1) is 0 Å². The maximum atomic E-state index is 11.4. The minimum atomic E-state index is -1.33. The van der Waals surface area contributed by atoms with Crippen LogP contribution in [0.4, 0.5) is 10.5 Å². The Kier molecular flexibility index (Phi) is 4.05. The van der Waals surface area contributed by atoms with E-state index in [0.29, 0.717) is 11.4 Å². The quantitative estimate of drug-likeness (QED) is 0.557. The van der Waals surface area contributed by atoms with Crippen LogP contribution in [0, 0.1) is 6.92 Å². The summed E-state index contributed by atoms with van der Waals surface area (Å²) in [4.78, 5) is 22.0. The standard InChI is InChI=1S/C9H14N4O4/c1-5-6(3-13(2)12-5)10-9(17)11-7(4-14)8(15)16/h3,7,14H,4H2,1-2H3,(H,15,16)(H2,10,11,17). The molecule has 0 radical (unpaired) electrons. The lowest BCUT2D eigenvalue weighted by Crippen LogP contribution is -2.45. The first-order chi connectivity index (χ1) is 7.93. The molecule has 0 spiro atoms. The third-order valence-corrected chi connectivity index (χ3v) is 2.05. The number of nitrogens with one attached hydrogen (secondary N) is 2.